The summed E-state index contributed by atoms with van der Waals surface area (Å²) < 4.78 is 64.9. The van der Waals surface area contributed by atoms with Crippen molar-refractivity contribution in [2.45, 2.75) is 36.5 Å². The highest BCUT2D eigenvalue weighted by Gasteiger charge is 2.30. The molecule has 3 heterocycles. The molecule has 0 saturated carbocycles. The third-order valence-corrected chi connectivity index (χ3v) is 9.15. The normalized spacial score (nSPS) is 17.2. The second-order valence-electron chi connectivity index (χ2n) is 11.6. The number of piperidine rings is 1. The molecule has 3 aromatic rings. The standard InChI is InChI=1S/C31H38F3N7O3S/c1-38-16-18-40(19-17-38)30(42)21-39-14-11-24(12-15-39)37-28-5-2-6-29-27(28)20-25(41(29)22-31(32,33)34)4-3-13-36-23-7-9-26(10-8-23)45(35,43)44/h2,5-10,20,24,36-37H,11-19,21-22H2,1H3,(H2,35,43,44). The predicted molar refractivity (Wildman–Crippen MR) is 168 cm³/mol. The number of alkyl halides is 3. The van der Waals surface area contributed by atoms with Crippen LogP contribution in [0.25, 0.3) is 10.9 Å². The van der Waals surface area contributed by atoms with Gasteiger partial charge in [0.15, 0.2) is 0 Å². The maximum Gasteiger partial charge on any atom is 0.406 e. The Balaban J connectivity index is 1.24. The number of nitrogens with one attached hydrogen (secondary N) is 2. The third-order valence-electron chi connectivity index (χ3n) is 8.23. The first-order chi connectivity index (χ1) is 21.4. The molecule has 0 spiro atoms. The minimum absolute atomic E-state index is 0.0258. The fourth-order valence-corrected chi connectivity index (χ4v) is 6.22. The Morgan fingerprint density at radius 1 is 1.02 bits per heavy atom. The van der Waals surface area contributed by atoms with E-state index >= 15 is 0 Å². The highest BCUT2D eigenvalue weighted by Crippen LogP contribution is 2.31. The number of benzene rings is 2. The van der Waals surface area contributed by atoms with Crippen LogP contribution < -0.4 is 15.8 Å². The Morgan fingerprint density at radius 2 is 1.71 bits per heavy atom. The first-order valence-corrected chi connectivity index (χ1v) is 16.4. The van der Waals surface area contributed by atoms with Crippen molar-refractivity contribution >= 4 is 38.2 Å². The van der Waals surface area contributed by atoms with E-state index in [1.165, 1.54) is 28.8 Å². The highest BCUT2D eigenvalue weighted by molar-refractivity contribution is 7.89. The number of carbonyl (C=O) groups is 1. The van der Waals surface area contributed by atoms with Gasteiger partial charge in [-0.15, -0.1) is 0 Å². The first kappa shape index (κ1) is 32.6. The zero-order chi connectivity index (χ0) is 32.2. The van der Waals surface area contributed by atoms with Gasteiger partial charge in [-0.25, -0.2) is 13.6 Å². The molecule has 242 valence electrons. The zero-order valence-electron chi connectivity index (χ0n) is 25.1. The molecule has 2 aliphatic heterocycles. The van der Waals surface area contributed by atoms with Crippen LogP contribution in [0.2, 0.25) is 0 Å². The minimum atomic E-state index is -4.44. The molecule has 45 heavy (non-hydrogen) atoms. The number of primary sulfonamides is 1. The van der Waals surface area contributed by atoms with E-state index in [0.717, 1.165) is 57.8 Å². The van der Waals surface area contributed by atoms with E-state index in [0.29, 0.717) is 23.1 Å². The quantitative estimate of drug-likeness (QED) is 0.323. The predicted octanol–water partition coefficient (Wildman–Crippen LogP) is 2.96. The summed E-state index contributed by atoms with van der Waals surface area (Å²) in [6.07, 6.45) is -2.82. The van der Waals surface area contributed by atoms with Crippen LogP contribution in [0.4, 0.5) is 24.5 Å². The SMILES string of the molecule is CN1CCN(C(=O)CN2CCC(Nc3cccc4c3cc(C#CCNc3ccc(S(N)(=O)=O)cc3)n4CC(F)(F)F)CC2)CC1. The molecule has 2 saturated heterocycles. The van der Waals surface area contributed by atoms with Crippen molar-refractivity contribution in [3.8, 4) is 11.8 Å². The maximum absolute atomic E-state index is 13.6. The number of amides is 1. The average molecular weight is 646 g/mol. The number of rotatable bonds is 8. The largest absolute Gasteiger partial charge is 0.406 e. The smallest absolute Gasteiger partial charge is 0.382 e. The van der Waals surface area contributed by atoms with E-state index in [4.69, 9.17) is 5.14 Å². The molecule has 0 atom stereocenters. The van der Waals surface area contributed by atoms with Crippen molar-refractivity contribution in [2.24, 2.45) is 5.14 Å². The van der Waals surface area contributed by atoms with Crippen LogP contribution >= 0.6 is 0 Å². The molecule has 10 nitrogen and oxygen atoms in total. The van der Waals surface area contributed by atoms with Gasteiger partial charge in [-0.2, -0.15) is 13.2 Å². The van der Waals surface area contributed by atoms with Crippen molar-refractivity contribution in [1.29, 1.82) is 0 Å². The van der Waals surface area contributed by atoms with Crippen molar-refractivity contribution < 1.29 is 26.4 Å². The number of nitrogens with two attached hydrogens (primary N) is 1. The van der Waals surface area contributed by atoms with Gasteiger partial charge >= 0.3 is 6.18 Å². The molecule has 0 aliphatic carbocycles. The molecule has 0 bridgehead atoms. The fraction of sp³-hybridized carbons (Fsp3) is 0.452. The number of sulfonamides is 1. The molecule has 4 N–H and O–H groups in total. The molecule has 1 amide bonds. The van der Waals surface area contributed by atoms with Gasteiger partial charge < -0.3 is 25.0 Å². The lowest BCUT2D eigenvalue weighted by atomic mass is 10.0. The van der Waals surface area contributed by atoms with Gasteiger partial charge in [-0.05, 0) is 68.3 Å². The van der Waals surface area contributed by atoms with Crippen LogP contribution in [0.15, 0.2) is 53.4 Å². The van der Waals surface area contributed by atoms with Gasteiger partial charge in [-0.3, -0.25) is 9.69 Å². The molecular formula is C31H38F3N7O3S. The lowest BCUT2D eigenvalue weighted by Gasteiger charge is -2.36. The molecule has 0 unspecified atom stereocenters. The molecule has 2 aromatic carbocycles. The van der Waals surface area contributed by atoms with Gasteiger partial charge in [0, 0.05) is 62.1 Å². The second kappa shape index (κ2) is 13.7. The average Bonchev–Trinajstić information content (AvgIpc) is 3.33. The zero-order valence-corrected chi connectivity index (χ0v) is 25.9. The molecule has 2 aliphatic rings. The van der Waals surface area contributed by atoms with E-state index in [1.807, 2.05) is 11.0 Å². The number of likely N-dealkylation sites (tertiary alicyclic amines) is 1. The topological polar surface area (TPSA) is 116 Å². The van der Waals surface area contributed by atoms with E-state index in [9.17, 15) is 26.4 Å². The van der Waals surface area contributed by atoms with E-state index in [1.54, 1.807) is 18.2 Å². The van der Waals surface area contributed by atoms with Gasteiger partial charge in [-0.1, -0.05) is 12.0 Å². The number of hydrogen-bond acceptors (Lipinski definition) is 7. The fourth-order valence-electron chi connectivity index (χ4n) is 5.71. The highest BCUT2D eigenvalue weighted by atomic mass is 32.2. The number of hydrogen-bond donors (Lipinski definition) is 3. The Morgan fingerprint density at radius 3 is 2.36 bits per heavy atom. The molecular weight excluding hydrogens is 607 g/mol. The number of nitrogens with zero attached hydrogens (tertiary/aromatic N) is 4. The van der Waals surface area contributed by atoms with Gasteiger partial charge in [0.05, 0.1) is 29.2 Å². The van der Waals surface area contributed by atoms with Crippen LogP contribution in [0.3, 0.4) is 0 Å². The number of halogens is 3. The Bertz CT molecular complexity index is 1660. The summed E-state index contributed by atoms with van der Waals surface area (Å²) in [5.41, 5.74) is 2.01. The third kappa shape index (κ3) is 8.70. The molecule has 1 aromatic heterocycles. The summed E-state index contributed by atoms with van der Waals surface area (Å²) in [5, 5.41) is 12.3. The van der Waals surface area contributed by atoms with Gasteiger partial charge in [0.25, 0.3) is 0 Å². The van der Waals surface area contributed by atoms with Crippen LogP contribution in [0, 0.1) is 11.8 Å². The summed E-state index contributed by atoms with van der Waals surface area (Å²) in [4.78, 5) is 19.1. The summed E-state index contributed by atoms with van der Waals surface area (Å²) in [7, 11) is -1.75. The second-order valence-corrected chi connectivity index (χ2v) is 13.1. The Hall–Kier alpha value is -3.77. The van der Waals surface area contributed by atoms with E-state index in [-0.39, 0.29) is 29.1 Å². The summed E-state index contributed by atoms with van der Waals surface area (Å²) >= 11 is 0. The van der Waals surface area contributed by atoms with Crippen LogP contribution in [-0.4, -0.2) is 105 Å². The number of piperazine rings is 1. The summed E-state index contributed by atoms with van der Waals surface area (Å²) in [6.45, 7) is 4.17. The minimum Gasteiger partial charge on any atom is -0.382 e. The van der Waals surface area contributed by atoms with Gasteiger partial charge in [0.1, 0.15) is 6.54 Å². The monoisotopic (exact) mass is 645 g/mol. The number of aromatic nitrogens is 1. The number of anilines is 2. The molecule has 0 radical (unpaired) electrons. The van der Waals surface area contributed by atoms with Crippen molar-refractivity contribution in [3.05, 3.63) is 54.2 Å². The van der Waals surface area contributed by atoms with Crippen molar-refractivity contribution in [3.63, 3.8) is 0 Å². The van der Waals surface area contributed by atoms with E-state index < -0.39 is 22.7 Å². The van der Waals surface area contributed by atoms with Crippen molar-refractivity contribution in [1.82, 2.24) is 19.3 Å². The Kier molecular flexibility index (Phi) is 9.93. The summed E-state index contributed by atoms with van der Waals surface area (Å²) in [6, 6.07) is 12.9. The van der Waals surface area contributed by atoms with Gasteiger partial charge in [0.2, 0.25) is 15.9 Å². The lowest BCUT2D eigenvalue weighted by Crippen LogP contribution is -2.51. The molecule has 14 heteroatoms. The van der Waals surface area contributed by atoms with E-state index in [2.05, 4.69) is 39.3 Å². The van der Waals surface area contributed by atoms with Crippen LogP contribution in [0.5, 0.6) is 0 Å². The number of likely N-dealkylation sites (N-methyl/N-ethyl adjacent to an activating group) is 1. The number of carbonyl (C=O) groups excluding carboxylic acids is 1. The first-order valence-electron chi connectivity index (χ1n) is 14.9. The maximum atomic E-state index is 13.6. The van der Waals surface area contributed by atoms with Crippen molar-refractivity contribution in [2.75, 3.05) is 70.0 Å². The van der Waals surface area contributed by atoms with Crippen LogP contribution in [-0.2, 0) is 21.4 Å². The summed E-state index contributed by atoms with van der Waals surface area (Å²) in [5.74, 6) is 5.92. The molecule has 5 rings (SSSR count). The van der Waals surface area contributed by atoms with Crippen LogP contribution in [0.1, 0.15) is 18.5 Å². The Labute approximate surface area is 261 Å². The molecule has 2 fully saturated rings. The lowest BCUT2D eigenvalue weighted by molar-refractivity contribution is -0.140. The number of fused-ring (bicyclic) bond motifs is 1.